The average molecular weight is 597 g/mol. The van der Waals surface area contributed by atoms with E-state index in [1.165, 1.54) is 65.3 Å². The highest BCUT2D eigenvalue weighted by atomic mass is 15.0. The molecule has 0 unspecified atom stereocenters. The monoisotopic (exact) mass is 596 g/mol. The van der Waals surface area contributed by atoms with Gasteiger partial charge in [0.1, 0.15) is 0 Å². The SMILES string of the molecule is c1ccc(-n2c3ccccc3c3ccc4c5ccccc5nc(-c5cccc(-c6cc7ccccc7c7ccccc67)c5)c4c32)cc1. The molecule has 10 aromatic rings. The van der Waals surface area contributed by atoms with Crippen LogP contribution in [0.1, 0.15) is 0 Å². The molecule has 0 spiro atoms. The maximum absolute atomic E-state index is 5.46. The minimum atomic E-state index is 0.997. The molecule has 10 rings (SSSR count). The van der Waals surface area contributed by atoms with Crippen LogP contribution in [0.4, 0.5) is 0 Å². The van der Waals surface area contributed by atoms with Gasteiger partial charge in [-0.3, -0.25) is 0 Å². The summed E-state index contributed by atoms with van der Waals surface area (Å²) in [6, 6.07) is 61.4. The van der Waals surface area contributed by atoms with E-state index >= 15 is 0 Å². The molecular formula is C45H28N2. The van der Waals surface area contributed by atoms with Crippen molar-refractivity contribution in [1.29, 1.82) is 0 Å². The van der Waals surface area contributed by atoms with Gasteiger partial charge in [0.15, 0.2) is 0 Å². The summed E-state index contributed by atoms with van der Waals surface area (Å²) in [6.45, 7) is 0. The van der Waals surface area contributed by atoms with Crippen LogP contribution in [0.5, 0.6) is 0 Å². The van der Waals surface area contributed by atoms with E-state index in [0.29, 0.717) is 0 Å². The van der Waals surface area contributed by atoms with Crippen LogP contribution < -0.4 is 0 Å². The van der Waals surface area contributed by atoms with Crippen LogP contribution in [0.2, 0.25) is 0 Å². The number of para-hydroxylation sites is 3. The summed E-state index contributed by atoms with van der Waals surface area (Å²) in [6.07, 6.45) is 0. The summed E-state index contributed by atoms with van der Waals surface area (Å²) < 4.78 is 2.42. The molecule has 0 aliphatic rings. The molecule has 2 nitrogen and oxygen atoms in total. The number of rotatable bonds is 3. The van der Waals surface area contributed by atoms with Crippen LogP contribution >= 0.6 is 0 Å². The first-order valence-corrected chi connectivity index (χ1v) is 16.1. The standard InChI is InChI=1S/C45H28N2/c1-2-16-32(17-3-1)47-42-24-11-9-22-37(42)39-26-25-38-36-21-8-10-23-41(36)46-44(43(38)45(39)47)31-15-12-14-29(27-31)40-28-30-13-4-5-18-33(30)34-19-6-7-20-35(34)40/h1-28H. The van der Waals surface area contributed by atoms with Gasteiger partial charge in [0.2, 0.25) is 0 Å². The lowest BCUT2D eigenvalue weighted by Gasteiger charge is -2.16. The van der Waals surface area contributed by atoms with Crippen LogP contribution in [0.15, 0.2) is 170 Å². The van der Waals surface area contributed by atoms with Crippen LogP contribution in [0.25, 0.3) is 93.1 Å². The Labute approximate surface area is 271 Å². The van der Waals surface area contributed by atoms with Gasteiger partial charge in [-0.15, -0.1) is 0 Å². The topological polar surface area (TPSA) is 17.8 Å². The Morgan fingerprint density at radius 1 is 0.404 bits per heavy atom. The highest BCUT2D eigenvalue weighted by Crippen LogP contribution is 2.43. The first kappa shape index (κ1) is 26.0. The molecule has 0 atom stereocenters. The van der Waals surface area contributed by atoms with Crippen LogP contribution in [0, 0.1) is 0 Å². The molecule has 0 amide bonds. The van der Waals surface area contributed by atoms with Gasteiger partial charge in [0.25, 0.3) is 0 Å². The Kier molecular flexibility index (Phi) is 5.61. The van der Waals surface area contributed by atoms with Crippen molar-refractivity contribution in [2.45, 2.75) is 0 Å². The zero-order valence-corrected chi connectivity index (χ0v) is 25.6. The number of hydrogen-bond donors (Lipinski definition) is 0. The summed E-state index contributed by atoms with van der Waals surface area (Å²) in [7, 11) is 0. The van der Waals surface area contributed by atoms with Crippen LogP contribution in [-0.4, -0.2) is 9.55 Å². The quantitative estimate of drug-likeness (QED) is 0.186. The summed E-state index contributed by atoms with van der Waals surface area (Å²) in [5.41, 5.74) is 9.03. The van der Waals surface area contributed by atoms with Gasteiger partial charge in [-0.05, 0) is 74.5 Å². The molecule has 8 aromatic carbocycles. The number of aromatic nitrogens is 2. The van der Waals surface area contributed by atoms with Gasteiger partial charge in [-0.1, -0.05) is 133 Å². The highest BCUT2D eigenvalue weighted by Gasteiger charge is 2.20. The molecule has 0 aliphatic heterocycles. The minimum Gasteiger partial charge on any atom is -0.309 e. The Hall–Kier alpha value is -6.25. The van der Waals surface area contributed by atoms with E-state index in [4.69, 9.17) is 4.98 Å². The Morgan fingerprint density at radius 2 is 1.06 bits per heavy atom. The molecule has 0 saturated heterocycles. The van der Waals surface area contributed by atoms with Gasteiger partial charge in [0.05, 0.1) is 22.2 Å². The van der Waals surface area contributed by atoms with Crippen LogP contribution in [0.3, 0.4) is 0 Å². The molecule has 218 valence electrons. The lowest BCUT2D eigenvalue weighted by Crippen LogP contribution is -1.97. The summed E-state index contributed by atoms with van der Waals surface area (Å²) in [4.78, 5) is 5.46. The van der Waals surface area contributed by atoms with Crippen molar-refractivity contribution in [3.05, 3.63) is 170 Å². The highest BCUT2D eigenvalue weighted by molar-refractivity contribution is 6.26. The van der Waals surface area contributed by atoms with E-state index in [1.54, 1.807) is 0 Å². The molecule has 0 aliphatic carbocycles. The van der Waals surface area contributed by atoms with Crippen molar-refractivity contribution in [3.8, 4) is 28.1 Å². The second kappa shape index (κ2) is 10.1. The molecule has 2 heterocycles. The summed E-state index contributed by atoms with van der Waals surface area (Å²) in [5.74, 6) is 0. The van der Waals surface area contributed by atoms with Crippen molar-refractivity contribution in [2.24, 2.45) is 0 Å². The second-order valence-corrected chi connectivity index (χ2v) is 12.3. The smallest absolute Gasteiger partial charge is 0.0809 e. The van der Waals surface area contributed by atoms with Gasteiger partial charge in [0, 0.05) is 32.8 Å². The molecule has 0 bridgehead atoms. The second-order valence-electron chi connectivity index (χ2n) is 12.3. The largest absolute Gasteiger partial charge is 0.309 e. The Bertz CT molecular complexity index is 2840. The van der Waals surface area contributed by atoms with Crippen molar-refractivity contribution < 1.29 is 0 Å². The van der Waals surface area contributed by atoms with E-state index in [2.05, 4.69) is 174 Å². The lowest BCUT2D eigenvalue weighted by molar-refractivity contribution is 1.19. The van der Waals surface area contributed by atoms with Crippen molar-refractivity contribution >= 4 is 65.0 Å². The minimum absolute atomic E-state index is 0.997. The van der Waals surface area contributed by atoms with Gasteiger partial charge >= 0.3 is 0 Å². The number of pyridine rings is 1. The lowest BCUT2D eigenvalue weighted by atomic mass is 9.91. The number of hydrogen-bond acceptors (Lipinski definition) is 1. The van der Waals surface area contributed by atoms with Crippen molar-refractivity contribution in [2.75, 3.05) is 0 Å². The first-order valence-electron chi connectivity index (χ1n) is 16.1. The molecule has 0 fully saturated rings. The van der Waals surface area contributed by atoms with E-state index < -0.39 is 0 Å². The molecule has 2 aromatic heterocycles. The fraction of sp³-hybridized carbons (Fsp3) is 0. The number of nitrogens with zero attached hydrogens (tertiary/aromatic N) is 2. The Morgan fingerprint density at radius 3 is 1.94 bits per heavy atom. The van der Waals surface area contributed by atoms with Gasteiger partial charge in [-0.25, -0.2) is 4.98 Å². The molecule has 0 saturated carbocycles. The predicted molar refractivity (Wildman–Crippen MR) is 199 cm³/mol. The van der Waals surface area contributed by atoms with Gasteiger partial charge in [-0.2, -0.15) is 0 Å². The normalized spacial score (nSPS) is 11.8. The molecule has 47 heavy (non-hydrogen) atoms. The van der Waals surface area contributed by atoms with Crippen LogP contribution in [-0.2, 0) is 0 Å². The number of fused-ring (bicyclic) bond motifs is 10. The van der Waals surface area contributed by atoms with E-state index in [0.717, 1.165) is 27.8 Å². The predicted octanol–water partition coefficient (Wildman–Crippen LogP) is 12.1. The zero-order valence-electron chi connectivity index (χ0n) is 25.6. The molecule has 0 radical (unpaired) electrons. The maximum Gasteiger partial charge on any atom is 0.0809 e. The third kappa shape index (κ3) is 3.89. The van der Waals surface area contributed by atoms with E-state index in [-0.39, 0.29) is 0 Å². The average Bonchev–Trinajstić information content (AvgIpc) is 3.49. The fourth-order valence-corrected chi connectivity index (χ4v) is 7.68. The molecule has 2 heteroatoms. The Balaban J connectivity index is 1.34. The van der Waals surface area contributed by atoms with Crippen molar-refractivity contribution in [1.82, 2.24) is 9.55 Å². The number of benzene rings is 8. The van der Waals surface area contributed by atoms with Gasteiger partial charge < -0.3 is 4.57 Å². The fourth-order valence-electron chi connectivity index (χ4n) is 7.68. The van der Waals surface area contributed by atoms with E-state index in [1.807, 2.05) is 0 Å². The first-order chi connectivity index (χ1) is 23.3. The molecular weight excluding hydrogens is 569 g/mol. The maximum atomic E-state index is 5.46. The summed E-state index contributed by atoms with van der Waals surface area (Å²) >= 11 is 0. The van der Waals surface area contributed by atoms with E-state index in [9.17, 15) is 0 Å². The summed E-state index contributed by atoms with van der Waals surface area (Å²) in [5, 5.41) is 11.1. The molecule has 0 N–H and O–H groups in total. The zero-order chi connectivity index (χ0) is 30.9. The third-order valence-electron chi connectivity index (χ3n) is 9.73. The van der Waals surface area contributed by atoms with Crippen molar-refractivity contribution in [3.63, 3.8) is 0 Å². The third-order valence-corrected chi connectivity index (χ3v) is 9.73.